The smallest absolute Gasteiger partial charge is 0.418 e. The first-order valence-electron chi connectivity index (χ1n) is 7.96. The highest BCUT2D eigenvalue weighted by atomic mass is 79.9. The van der Waals surface area contributed by atoms with Gasteiger partial charge in [-0.25, -0.2) is 4.79 Å². The second-order valence-electron chi connectivity index (χ2n) is 5.85. The number of nitrogens with zero attached hydrogens (tertiary/aromatic N) is 1. The van der Waals surface area contributed by atoms with Crippen molar-refractivity contribution in [2.75, 3.05) is 5.32 Å². The second kappa shape index (κ2) is 9.05. The number of benzene rings is 1. The molecule has 0 bridgehead atoms. The molecule has 0 unspecified atom stereocenters. The van der Waals surface area contributed by atoms with Crippen LogP contribution in [-0.2, 0) is 12.7 Å². The number of aromatic nitrogens is 1. The number of rotatable bonds is 4. The molecule has 1 aromatic carbocycles. The van der Waals surface area contributed by atoms with Crippen LogP contribution in [-0.4, -0.2) is 22.2 Å². The third-order valence-corrected chi connectivity index (χ3v) is 3.93. The van der Waals surface area contributed by atoms with Gasteiger partial charge in [0, 0.05) is 10.5 Å². The standard InChI is InChI=1S/C14H11BrF3N3O2.C3H7N/c15-8-1-4-12(11(5-8)14(16,17)18)21-10-3-2-9(19-7-10)6-20-13(22)23;4-3-1-2-3/h1-5,7,20-21H,6H2,(H,22,23);3H,1-2,4H2. The maximum Gasteiger partial charge on any atom is 0.418 e. The van der Waals surface area contributed by atoms with E-state index in [1.807, 2.05) is 0 Å². The van der Waals surface area contributed by atoms with Crippen LogP contribution in [0.2, 0.25) is 0 Å². The van der Waals surface area contributed by atoms with Gasteiger partial charge in [0.2, 0.25) is 0 Å². The summed E-state index contributed by atoms with van der Waals surface area (Å²) in [4.78, 5) is 14.4. The van der Waals surface area contributed by atoms with Gasteiger partial charge in [0.1, 0.15) is 0 Å². The SMILES string of the molecule is NC1CC1.O=C(O)NCc1ccc(Nc2ccc(Br)cc2C(F)(F)F)cn1. The molecule has 0 aliphatic heterocycles. The molecule has 27 heavy (non-hydrogen) atoms. The molecule has 1 saturated carbocycles. The van der Waals surface area contributed by atoms with Crippen molar-refractivity contribution in [3.63, 3.8) is 0 Å². The first-order chi connectivity index (χ1) is 12.6. The first kappa shape index (κ1) is 21.0. The van der Waals surface area contributed by atoms with Gasteiger partial charge in [-0.1, -0.05) is 15.9 Å². The largest absolute Gasteiger partial charge is 0.465 e. The summed E-state index contributed by atoms with van der Waals surface area (Å²) >= 11 is 3.02. The Bertz CT molecular complexity index is 781. The predicted molar refractivity (Wildman–Crippen MR) is 98.7 cm³/mol. The number of hydrogen-bond acceptors (Lipinski definition) is 4. The Morgan fingerprint density at radius 3 is 2.44 bits per heavy atom. The number of hydrogen-bond donors (Lipinski definition) is 4. The average molecular weight is 447 g/mol. The Kier molecular flexibility index (Phi) is 7.03. The molecule has 1 amide bonds. The molecule has 1 fully saturated rings. The van der Waals surface area contributed by atoms with Gasteiger partial charge < -0.3 is 21.5 Å². The lowest BCUT2D eigenvalue weighted by Gasteiger charge is -2.15. The Balaban J connectivity index is 0.000000576. The summed E-state index contributed by atoms with van der Waals surface area (Å²) in [6.07, 6.45) is -1.81. The molecule has 5 N–H and O–H groups in total. The van der Waals surface area contributed by atoms with E-state index in [0.29, 0.717) is 21.9 Å². The summed E-state index contributed by atoms with van der Waals surface area (Å²) in [6.45, 7) is 0.0156. The van der Waals surface area contributed by atoms with E-state index in [-0.39, 0.29) is 12.2 Å². The number of nitrogens with one attached hydrogen (secondary N) is 2. The highest BCUT2D eigenvalue weighted by Crippen LogP contribution is 2.37. The first-order valence-corrected chi connectivity index (χ1v) is 8.75. The van der Waals surface area contributed by atoms with Crippen LogP contribution < -0.4 is 16.4 Å². The van der Waals surface area contributed by atoms with Crippen molar-refractivity contribution in [3.05, 3.63) is 52.3 Å². The fraction of sp³-hybridized carbons (Fsp3) is 0.294. The van der Waals surface area contributed by atoms with Crippen LogP contribution in [0, 0.1) is 0 Å². The Labute approximate surface area is 162 Å². The maximum absolute atomic E-state index is 13.0. The highest BCUT2D eigenvalue weighted by molar-refractivity contribution is 9.10. The summed E-state index contributed by atoms with van der Waals surface area (Å²) in [5.41, 5.74) is 5.13. The summed E-state index contributed by atoms with van der Waals surface area (Å²) in [6, 6.07) is 7.42. The summed E-state index contributed by atoms with van der Waals surface area (Å²) in [7, 11) is 0. The van der Waals surface area contributed by atoms with Gasteiger partial charge in [-0.05, 0) is 43.2 Å². The van der Waals surface area contributed by atoms with Gasteiger partial charge in [-0.2, -0.15) is 13.2 Å². The van der Waals surface area contributed by atoms with Crippen molar-refractivity contribution in [1.82, 2.24) is 10.3 Å². The number of pyridine rings is 1. The predicted octanol–water partition coefficient (Wildman–Crippen LogP) is 4.48. The maximum atomic E-state index is 13.0. The van der Waals surface area contributed by atoms with Crippen molar-refractivity contribution in [1.29, 1.82) is 0 Å². The molecule has 0 spiro atoms. The molecular weight excluding hydrogens is 429 g/mol. The summed E-state index contributed by atoms with van der Waals surface area (Å²) < 4.78 is 39.4. The van der Waals surface area contributed by atoms with Crippen molar-refractivity contribution in [2.45, 2.75) is 31.6 Å². The van der Waals surface area contributed by atoms with E-state index in [1.54, 1.807) is 0 Å². The van der Waals surface area contributed by atoms with Gasteiger partial charge in [-0.15, -0.1) is 0 Å². The zero-order valence-corrected chi connectivity index (χ0v) is 15.6. The number of nitrogens with two attached hydrogens (primary N) is 1. The Morgan fingerprint density at radius 2 is 1.96 bits per heavy atom. The molecule has 2 aromatic rings. The van der Waals surface area contributed by atoms with Gasteiger partial charge >= 0.3 is 12.3 Å². The number of carbonyl (C=O) groups is 1. The molecule has 1 heterocycles. The molecule has 1 aliphatic rings. The van der Waals surface area contributed by atoms with E-state index >= 15 is 0 Å². The number of anilines is 2. The van der Waals surface area contributed by atoms with Gasteiger partial charge in [0.25, 0.3) is 0 Å². The Morgan fingerprint density at radius 1 is 1.30 bits per heavy atom. The minimum atomic E-state index is -4.50. The third-order valence-electron chi connectivity index (χ3n) is 3.43. The van der Waals surface area contributed by atoms with Gasteiger partial charge in [-0.3, -0.25) is 4.98 Å². The number of amides is 1. The summed E-state index contributed by atoms with van der Waals surface area (Å²) in [5, 5.41) is 13.3. The molecule has 0 atom stereocenters. The summed E-state index contributed by atoms with van der Waals surface area (Å²) in [5.74, 6) is 0. The Hall–Kier alpha value is -2.33. The number of alkyl halides is 3. The van der Waals surface area contributed by atoms with Crippen LogP contribution in [0.5, 0.6) is 0 Å². The van der Waals surface area contributed by atoms with E-state index in [9.17, 15) is 18.0 Å². The fourth-order valence-electron chi connectivity index (χ4n) is 1.88. The number of halogens is 4. The molecule has 10 heteroatoms. The van der Waals surface area contributed by atoms with Gasteiger partial charge in [0.05, 0.1) is 35.4 Å². The lowest BCUT2D eigenvalue weighted by atomic mass is 10.1. The van der Waals surface area contributed by atoms with E-state index < -0.39 is 17.8 Å². The van der Waals surface area contributed by atoms with E-state index in [0.717, 1.165) is 6.07 Å². The molecule has 0 saturated heterocycles. The van der Waals surface area contributed by atoms with E-state index in [4.69, 9.17) is 10.8 Å². The quantitative estimate of drug-likeness (QED) is 0.554. The highest BCUT2D eigenvalue weighted by Gasteiger charge is 2.33. The van der Waals surface area contributed by atoms with Crippen LogP contribution in [0.4, 0.5) is 29.3 Å². The van der Waals surface area contributed by atoms with Gasteiger partial charge in [0.15, 0.2) is 0 Å². The number of carboxylic acid groups (broad SMARTS) is 1. The van der Waals surface area contributed by atoms with Crippen molar-refractivity contribution >= 4 is 33.4 Å². The van der Waals surface area contributed by atoms with E-state index in [1.165, 1.54) is 43.3 Å². The zero-order chi connectivity index (χ0) is 20.0. The second-order valence-corrected chi connectivity index (χ2v) is 6.76. The van der Waals surface area contributed by atoms with Crippen LogP contribution >= 0.6 is 15.9 Å². The zero-order valence-electron chi connectivity index (χ0n) is 14.1. The molecular formula is C17H18BrF3N4O2. The molecule has 3 rings (SSSR count). The van der Waals surface area contributed by atoms with E-state index in [2.05, 4.69) is 31.5 Å². The minimum absolute atomic E-state index is 0.0156. The molecule has 1 aliphatic carbocycles. The van der Waals surface area contributed by atoms with Crippen molar-refractivity contribution in [3.8, 4) is 0 Å². The lowest BCUT2D eigenvalue weighted by molar-refractivity contribution is -0.137. The third kappa shape index (κ3) is 7.43. The van der Waals surface area contributed by atoms with Crippen LogP contribution in [0.3, 0.4) is 0 Å². The van der Waals surface area contributed by atoms with Crippen LogP contribution in [0.15, 0.2) is 41.0 Å². The topological polar surface area (TPSA) is 100 Å². The van der Waals surface area contributed by atoms with Crippen molar-refractivity contribution < 1.29 is 23.1 Å². The molecule has 0 radical (unpaired) electrons. The normalized spacial score (nSPS) is 13.4. The van der Waals surface area contributed by atoms with Crippen molar-refractivity contribution in [2.24, 2.45) is 5.73 Å². The average Bonchev–Trinajstić information content (AvgIpc) is 3.37. The van der Waals surface area contributed by atoms with Crippen LogP contribution in [0.1, 0.15) is 24.1 Å². The lowest BCUT2D eigenvalue weighted by Crippen LogP contribution is -2.20. The molecule has 1 aromatic heterocycles. The molecule has 6 nitrogen and oxygen atoms in total. The minimum Gasteiger partial charge on any atom is -0.465 e. The fourth-order valence-corrected chi connectivity index (χ4v) is 2.24. The van der Waals surface area contributed by atoms with Crippen LogP contribution in [0.25, 0.3) is 0 Å². The molecule has 146 valence electrons. The monoisotopic (exact) mass is 446 g/mol.